The third-order valence-corrected chi connectivity index (χ3v) is 8.13. The minimum atomic E-state index is -3.10. The summed E-state index contributed by atoms with van der Waals surface area (Å²) in [7, 11) is -1.50. The van der Waals surface area contributed by atoms with Crippen LogP contribution in [0.4, 0.5) is 5.69 Å². The molecule has 5 nitrogen and oxygen atoms in total. The van der Waals surface area contributed by atoms with Crippen molar-refractivity contribution in [3.63, 3.8) is 0 Å². The normalized spacial score (nSPS) is 22.8. The van der Waals surface area contributed by atoms with Crippen LogP contribution in [0.25, 0.3) is 0 Å². The number of ether oxygens (including phenoxy) is 1. The van der Waals surface area contributed by atoms with Crippen molar-refractivity contribution >= 4 is 55.7 Å². The SMILES string of the molecule is COc1ccccc1N1C(SCc2ccc(Cl)cc2Cl)=N[C@H]2CS(=O)(=O)C[C@H]21. The number of benzene rings is 2. The van der Waals surface area contributed by atoms with Crippen molar-refractivity contribution in [1.29, 1.82) is 0 Å². The van der Waals surface area contributed by atoms with E-state index >= 15 is 0 Å². The average Bonchev–Trinajstić information content (AvgIpc) is 3.12. The van der Waals surface area contributed by atoms with Crippen LogP contribution in [0.5, 0.6) is 5.75 Å². The molecule has 0 radical (unpaired) electrons. The fourth-order valence-electron chi connectivity index (χ4n) is 3.52. The van der Waals surface area contributed by atoms with Gasteiger partial charge >= 0.3 is 0 Å². The van der Waals surface area contributed by atoms with Crippen molar-refractivity contribution in [1.82, 2.24) is 0 Å². The summed E-state index contributed by atoms with van der Waals surface area (Å²) in [5.74, 6) is 1.46. The maximum absolute atomic E-state index is 12.2. The maximum atomic E-state index is 12.2. The summed E-state index contributed by atoms with van der Waals surface area (Å²) in [5.41, 5.74) is 1.77. The molecule has 4 rings (SSSR count). The minimum Gasteiger partial charge on any atom is -0.495 e. The van der Waals surface area contributed by atoms with Gasteiger partial charge in [0.25, 0.3) is 0 Å². The first-order valence-electron chi connectivity index (χ1n) is 8.65. The summed E-state index contributed by atoms with van der Waals surface area (Å²) in [6, 6.07) is 12.5. The molecule has 0 bridgehead atoms. The number of hydrogen-bond acceptors (Lipinski definition) is 6. The molecule has 0 aliphatic carbocycles. The molecule has 2 aromatic carbocycles. The second-order valence-electron chi connectivity index (χ2n) is 6.69. The number of rotatable bonds is 4. The van der Waals surface area contributed by atoms with Gasteiger partial charge < -0.3 is 9.64 Å². The molecule has 2 atom stereocenters. The fourth-order valence-corrected chi connectivity index (χ4v) is 7.04. The number of thioether (sulfide) groups is 1. The third-order valence-electron chi connectivity index (χ3n) is 4.82. The predicted molar refractivity (Wildman–Crippen MR) is 117 cm³/mol. The number of para-hydroxylation sites is 2. The molecule has 148 valence electrons. The molecule has 2 heterocycles. The van der Waals surface area contributed by atoms with E-state index in [9.17, 15) is 8.42 Å². The second-order valence-corrected chi connectivity index (χ2v) is 10.6. The zero-order chi connectivity index (χ0) is 19.9. The molecule has 0 N–H and O–H groups in total. The Morgan fingerprint density at radius 3 is 2.75 bits per heavy atom. The van der Waals surface area contributed by atoms with Gasteiger partial charge in [0.15, 0.2) is 15.0 Å². The molecule has 1 saturated heterocycles. The van der Waals surface area contributed by atoms with Gasteiger partial charge in [0.2, 0.25) is 0 Å². The lowest BCUT2D eigenvalue weighted by Gasteiger charge is -2.28. The van der Waals surface area contributed by atoms with Crippen molar-refractivity contribution in [2.75, 3.05) is 23.5 Å². The lowest BCUT2D eigenvalue weighted by molar-refractivity contribution is 0.415. The Balaban J connectivity index is 1.66. The summed E-state index contributed by atoms with van der Waals surface area (Å²) in [6.07, 6.45) is 0. The number of amidine groups is 1. The molecule has 0 aromatic heterocycles. The molecule has 0 saturated carbocycles. The molecule has 0 spiro atoms. The number of nitrogens with zero attached hydrogens (tertiary/aromatic N) is 2. The zero-order valence-corrected chi connectivity index (χ0v) is 18.2. The molecule has 0 amide bonds. The quantitative estimate of drug-likeness (QED) is 0.686. The van der Waals surface area contributed by atoms with Gasteiger partial charge in [0.1, 0.15) is 5.75 Å². The first kappa shape index (κ1) is 19.9. The lowest BCUT2D eigenvalue weighted by Crippen LogP contribution is -2.39. The third kappa shape index (κ3) is 3.85. The van der Waals surface area contributed by atoms with E-state index < -0.39 is 9.84 Å². The van der Waals surface area contributed by atoms with Crippen LogP contribution in [0, 0.1) is 0 Å². The van der Waals surface area contributed by atoms with Gasteiger partial charge in [0.05, 0.1) is 36.4 Å². The monoisotopic (exact) mass is 456 g/mol. The van der Waals surface area contributed by atoms with E-state index in [0.29, 0.717) is 21.5 Å². The first-order chi connectivity index (χ1) is 13.4. The number of halogens is 2. The van der Waals surface area contributed by atoms with Crippen molar-refractivity contribution < 1.29 is 13.2 Å². The maximum Gasteiger partial charge on any atom is 0.164 e. The number of sulfone groups is 1. The van der Waals surface area contributed by atoms with Crippen LogP contribution in [-0.4, -0.2) is 44.3 Å². The summed E-state index contributed by atoms with van der Waals surface area (Å²) >= 11 is 13.8. The largest absolute Gasteiger partial charge is 0.495 e. The Morgan fingerprint density at radius 2 is 2.00 bits per heavy atom. The summed E-state index contributed by atoms with van der Waals surface area (Å²) in [6.45, 7) is 0. The van der Waals surface area contributed by atoms with Crippen molar-refractivity contribution in [2.24, 2.45) is 4.99 Å². The first-order valence-corrected chi connectivity index (χ1v) is 12.2. The minimum absolute atomic E-state index is 0.0784. The number of hydrogen-bond donors (Lipinski definition) is 0. The topological polar surface area (TPSA) is 59.0 Å². The van der Waals surface area contributed by atoms with Crippen molar-refractivity contribution in [3.8, 4) is 5.75 Å². The second kappa shape index (κ2) is 7.78. The Labute approximate surface area is 178 Å². The van der Waals surface area contributed by atoms with Gasteiger partial charge in [-0.3, -0.25) is 4.99 Å². The Kier molecular flexibility index (Phi) is 5.53. The summed E-state index contributed by atoms with van der Waals surface area (Å²) in [5, 5.41) is 1.97. The van der Waals surface area contributed by atoms with Gasteiger partial charge in [-0.05, 0) is 29.8 Å². The van der Waals surface area contributed by atoms with Gasteiger partial charge in [-0.25, -0.2) is 8.42 Å². The van der Waals surface area contributed by atoms with Crippen LogP contribution in [-0.2, 0) is 15.6 Å². The lowest BCUT2D eigenvalue weighted by atomic mass is 10.1. The van der Waals surface area contributed by atoms with Crippen molar-refractivity contribution in [3.05, 3.63) is 58.1 Å². The van der Waals surface area contributed by atoms with Gasteiger partial charge in [0, 0.05) is 15.8 Å². The Morgan fingerprint density at radius 1 is 1.21 bits per heavy atom. The van der Waals surface area contributed by atoms with Crippen LogP contribution in [0.15, 0.2) is 47.5 Å². The Hall–Kier alpha value is -1.41. The predicted octanol–water partition coefficient (Wildman–Crippen LogP) is 4.28. The molecule has 0 unspecified atom stereocenters. The highest BCUT2D eigenvalue weighted by Gasteiger charge is 2.47. The molecular formula is C19H18Cl2N2O3S2. The van der Waals surface area contributed by atoms with Crippen LogP contribution in [0.3, 0.4) is 0 Å². The van der Waals surface area contributed by atoms with E-state index in [2.05, 4.69) is 0 Å². The average molecular weight is 457 g/mol. The van der Waals surface area contributed by atoms with E-state index in [4.69, 9.17) is 32.9 Å². The van der Waals surface area contributed by atoms with Gasteiger partial charge in [-0.15, -0.1) is 0 Å². The zero-order valence-electron chi connectivity index (χ0n) is 15.0. The van der Waals surface area contributed by atoms with Crippen LogP contribution in [0.1, 0.15) is 5.56 Å². The highest BCUT2D eigenvalue weighted by atomic mass is 35.5. The highest BCUT2D eigenvalue weighted by Crippen LogP contribution is 2.40. The molecule has 9 heteroatoms. The number of anilines is 1. The van der Waals surface area contributed by atoms with Gasteiger partial charge in [-0.1, -0.05) is 53.2 Å². The van der Waals surface area contributed by atoms with Crippen LogP contribution in [0.2, 0.25) is 10.0 Å². The number of methoxy groups -OCH3 is 1. The van der Waals surface area contributed by atoms with Crippen LogP contribution < -0.4 is 9.64 Å². The molecule has 2 aliphatic heterocycles. The smallest absolute Gasteiger partial charge is 0.164 e. The summed E-state index contributed by atoms with van der Waals surface area (Å²) < 4.78 is 29.9. The molecule has 28 heavy (non-hydrogen) atoms. The summed E-state index contributed by atoms with van der Waals surface area (Å²) in [4.78, 5) is 6.75. The number of fused-ring (bicyclic) bond motifs is 1. The number of aliphatic imine (C=N–C) groups is 1. The highest BCUT2D eigenvalue weighted by molar-refractivity contribution is 8.13. The molecule has 1 fully saturated rings. The van der Waals surface area contributed by atoms with Crippen LogP contribution >= 0.6 is 35.0 Å². The fraction of sp³-hybridized carbons (Fsp3) is 0.316. The Bertz CT molecular complexity index is 1040. The van der Waals surface area contributed by atoms with E-state index in [1.165, 1.54) is 11.8 Å². The van der Waals surface area contributed by atoms with E-state index in [-0.39, 0.29) is 23.6 Å². The molecule has 2 aromatic rings. The van der Waals surface area contributed by atoms with Crippen molar-refractivity contribution in [2.45, 2.75) is 17.8 Å². The van der Waals surface area contributed by atoms with Gasteiger partial charge in [-0.2, -0.15) is 0 Å². The standard InChI is InChI=1S/C19H18Cl2N2O3S2/c1-26-18-5-3-2-4-16(18)23-17-11-28(24,25)10-15(17)22-19(23)27-9-12-6-7-13(20)8-14(12)21/h2-8,15,17H,9-11H2,1H3/t15-,17+/m0/s1. The van der Waals surface area contributed by atoms with E-state index in [0.717, 1.165) is 16.4 Å². The molecular weight excluding hydrogens is 439 g/mol. The van der Waals surface area contributed by atoms with E-state index in [1.807, 2.05) is 35.2 Å². The van der Waals surface area contributed by atoms with E-state index in [1.54, 1.807) is 19.2 Å². The molecule has 2 aliphatic rings.